The summed E-state index contributed by atoms with van der Waals surface area (Å²) in [5.74, 6) is -1.74. The number of hydrogen-bond donors (Lipinski definition) is 3. The van der Waals surface area contributed by atoms with Crippen LogP contribution in [0.25, 0.3) is 22.4 Å². The zero-order valence-electron chi connectivity index (χ0n) is 19.7. The van der Waals surface area contributed by atoms with Crippen LogP contribution in [0.4, 0.5) is 11.5 Å². The number of nitriles is 1. The highest BCUT2D eigenvalue weighted by atomic mass is 16.6. The zero-order chi connectivity index (χ0) is 26.6. The molecule has 0 aliphatic carbocycles. The van der Waals surface area contributed by atoms with Gasteiger partial charge in [-0.3, -0.25) is 14.4 Å². The molecule has 1 saturated heterocycles. The van der Waals surface area contributed by atoms with Gasteiger partial charge in [-0.2, -0.15) is 5.26 Å². The van der Waals surface area contributed by atoms with Gasteiger partial charge in [0.05, 0.1) is 11.9 Å². The van der Waals surface area contributed by atoms with Gasteiger partial charge in [-0.05, 0) is 35.9 Å². The van der Waals surface area contributed by atoms with E-state index in [1.807, 2.05) is 0 Å². The lowest BCUT2D eigenvalue weighted by atomic mass is 9.97. The molecule has 38 heavy (non-hydrogen) atoms. The zero-order valence-corrected chi connectivity index (χ0v) is 19.7. The summed E-state index contributed by atoms with van der Waals surface area (Å²) in [6.45, 7) is 0. The molecule has 0 spiro atoms. The summed E-state index contributed by atoms with van der Waals surface area (Å²) < 4.78 is 9.93. The monoisotopic (exact) mass is 509 g/mol. The molecule has 11 heteroatoms. The minimum absolute atomic E-state index is 0.0460. The first-order valence-corrected chi connectivity index (χ1v) is 11.5. The van der Waals surface area contributed by atoms with E-state index in [-0.39, 0.29) is 35.0 Å². The van der Waals surface area contributed by atoms with E-state index in [1.165, 1.54) is 18.3 Å². The highest BCUT2D eigenvalue weighted by Crippen LogP contribution is 2.36. The van der Waals surface area contributed by atoms with Crippen molar-refractivity contribution >= 4 is 29.3 Å². The molecule has 2 aromatic heterocycles. The van der Waals surface area contributed by atoms with Crippen molar-refractivity contribution in [3.63, 3.8) is 0 Å². The van der Waals surface area contributed by atoms with Gasteiger partial charge in [0.1, 0.15) is 17.4 Å². The molecule has 2 amide bonds. The first kappa shape index (κ1) is 24.2. The molecule has 3 heterocycles. The number of nitrogens with one attached hydrogen (secondary N) is 2. The van der Waals surface area contributed by atoms with Crippen molar-refractivity contribution < 1.29 is 28.8 Å². The molecule has 1 aliphatic rings. The summed E-state index contributed by atoms with van der Waals surface area (Å²) >= 11 is 0. The molecule has 11 nitrogen and oxygen atoms in total. The summed E-state index contributed by atoms with van der Waals surface area (Å²) in [5.41, 5.74) is 2.03. The van der Waals surface area contributed by atoms with E-state index in [0.717, 1.165) is 0 Å². The molecule has 1 aliphatic heterocycles. The number of anilines is 2. The number of carbonyl (C=O) groups is 3. The summed E-state index contributed by atoms with van der Waals surface area (Å²) in [6, 6.07) is 18.3. The number of cyclic esters (lactones) is 1. The van der Waals surface area contributed by atoms with Crippen molar-refractivity contribution in [2.24, 2.45) is 0 Å². The molecular formula is C27H19N5O6. The SMILES string of the molecule is N#Cc1c(-c2cccc(NC(=O)C3CCC(=O)O3)c2)cc(-c2ccccc2O)nc1NC(=O)c1ccno1. The van der Waals surface area contributed by atoms with Gasteiger partial charge in [-0.1, -0.05) is 29.4 Å². The number of nitrogens with zero attached hydrogens (tertiary/aromatic N) is 3. The molecule has 1 atom stereocenters. The molecule has 1 unspecified atom stereocenters. The van der Waals surface area contributed by atoms with Gasteiger partial charge in [-0.25, -0.2) is 4.98 Å². The van der Waals surface area contributed by atoms with Crippen LogP contribution >= 0.6 is 0 Å². The number of benzene rings is 2. The van der Waals surface area contributed by atoms with Crippen LogP contribution in [-0.2, 0) is 14.3 Å². The Morgan fingerprint density at radius 2 is 1.89 bits per heavy atom. The molecule has 0 bridgehead atoms. The van der Waals surface area contributed by atoms with Crippen molar-refractivity contribution in [2.45, 2.75) is 18.9 Å². The maximum absolute atomic E-state index is 12.7. The van der Waals surface area contributed by atoms with E-state index < -0.39 is 23.9 Å². The van der Waals surface area contributed by atoms with E-state index in [9.17, 15) is 24.8 Å². The standard InChI is InChI=1S/C27H19N5O6/c28-14-19-18(15-4-3-5-16(12-15)30-26(35)22-8-9-24(34)37-22)13-20(17-6-1-2-7-21(17)33)31-25(19)32-27(36)23-10-11-29-38-23/h1-7,10-13,22,33H,8-9H2,(H,30,35)(H,31,32,36). The fourth-order valence-corrected chi connectivity index (χ4v) is 4.00. The van der Waals surface area contributed by atoms with Crippen LogP contribution < -0.4 is 10.6 Å². The molecular weight excluding hydrogens is 490 g/mol. The topological polar surface area (TPSA) is 167 Å². The van der Waals surface area contributed by atoms with Gasteiger partial charge in [0, 0.05) is 35.7 Å². The predicted molar refractivity (Wildman–Crippen MR) is 134 cm³/mol. The maximum Gasteiger partial charge on any atom is 0.306 e. The van der Waals surface area contributed by atoms with Crippen molar-refractivity contribution in [3.8, 4) is 34.2 Å². The number of esters is 1. The summed E-state index contributed by atoms with van der Waals surface area (Å²) in [4.78, 5) is 41.1. The van der Waals surface area contributed by atoms with Crippen LogP contribution in [0.15, 0.2) is 71.4 Å². The Morgan fingerprint density at radius 3 is 2.61 bits per heavy atom. The van der Waals surface area contributed by atoms with Crippen molar-refractivity contribution in [3.05, 3.63) is 78.2 Å². The Labute approximate surface area is 215 Å². The molecule has 0 saturated carbocycles. The highest BCUT2D eigenvalue weighted by Gasteiger charge is 2.30. The lowest BCUT2D eigenvalue weighted by molar-refractivity contribution is -0.146. The molecule has 5 rings (SSSR count). The number of amides is 2. The summed E-state index contributed by atoms with van der Waals surface area (Å²) in [7, 11) is 0. The molecule has 188 valence electrons. The van der Waals surface area contributed by atoms with Crippen LogP contribution in [0.2, 0.25) is 0 Å². The predicted octanol–water partition coefficient (Wildman–Crippen LogP) is 3.88. The lowest BCUT2D eigenvalue weighted by Crippen LogP contribution is -2.27. The Bertz CT molecular complexity index is 1590. The fourth-order valence-electron chi connectivity index (χ4n) is 4.00. The quantitative estimate of drug-likeness (QED) is 0.327. The second-order valence-corrected chi connectivity index (χ2v) is 8.33. The average Bonchev–Trinajstić information content (AvgIpc) is 3.61. The second-order valence-electron chi connectivity index (χ2n) is 8.33. The van der Waals surface area contributed by atoms with Crippen molar-refractivity contribution in [2.75, 3.05) is 10.6 Å². The van der Waals surface area contributed by atoms with E-state index in [0.29, 0.717) is 28.8 Å². The first-order chi connectivity index (χ1) is 18.4. The van der Waals surface area contributed by atoms with E-state index >= 15 is 0 Å². The van der Waals surface area contributed by atoms with E-state index in [4.69, 9.17) is 9.26 Å². The molecule has 1 fully saturated rings. The Kier molecular flexibility index (Phi) is 6.52. The second kappa shape index (κ2) is 10.2. The van der Waals surface area contributed by atoms with Crippen LogP contribution in [0.3, 0.4) is 0 Å². The third kappa shape index (κ3) is 4.91. The third-order valence-electron chi connectivity index (χ3n) is 5.82. The number of phenolic OH excluding ortho intramolecular Hbond substituents is 1. The average molecular weight is 509 g/mol. The number of phenols is 1. The fraction of sp³-hybridized carbons (Fsp3) is 0.111. The van der Waals surface area contributed by atoms with Gasteiger partial charge >= 0.3 is 5.97 Å². The van der Waals surface area contributed by atoms with E-state index in [1.54, 1.807) is 48.5 Å². The van der Waals surface area contributed by atoms with Gasteiger partial charge in [0.25, 0.3) is 11.8 Å². The number of pyridine rings is 1. The highest BCUT2D eigenvalue weighted by molar-refractivity contribution is 6.03. The maximum atomic E-state index is 12.7. The van der Waals surface area contributed by atoms with Gasteiger partial charge in [-0.15, -0.1) is 0 Å². The number of aromatic nitrogens is 2. The smallest absolute Gasteiger partial charge is 0.306 e. The molecule has 3 N–H and O–H groups in total. The van der Waals surface area contributed by atoms with Crippen molar-refractivity contribution in [1.82, 2.24) is 10.1 Å². The Morgan fingerprint density at radius 1 is 1.05 bits per heavy atom. The number of aromatic hydroxyl groups is 1. The number of ether oxygens (including phenoxy) is 1. The molecule has 0 radical (unpaired) electrons. The minimum Gasteiger partial charge on any atom is -0.507 e. The minimum atomic E-state index is -0.868. The Balaban J connectivity index is 1.57. The number of carbonyl (C=O) groups excluding carboxylic acids is 3. The van der Waals surface area contributed by atoms with E-state index in [2.05, 4.69) is 26.8 Å². The molecule has 2 aromatic carbocycles. The Hall–Kier alpha value is -5.50. The number of para-hydroxylation sites is 1. The number of hydrogen-bond acceptors (Lipinski definition) is 9. The van der Waals surface area contributed by atoms with Crippen molar-refractivity contribution in [1.29, 1.82) is 5.26 Å². The lowest BCUT2D eigenvalue weighted by Gasteiger charge is -2.15. The third-order valence-corrected chi connectivity index (χ3v) is 5.82. The van der Waals surface area contributed by atoms with Crippen LogP contribution in [0.5, 0.6) is 5.75 Å². The molecule has 4 aromatic rings. The van der Waals surface area contributed by atoms with Crippen LogP contribution in [-0.4, -0.2) is 39.1 Å². The number of rotatable bonds is 6. The van der Waals surface area contributed by atoms with Crippen LogP contribution in [0.1, 0.15) is 29.0 Å². The summed E-state index contributed by atoms with van der Waals surface area (Å²) in [5, 5.41) is 29.3. The largest absolute Gasteiger partial charge is 0.507 e. The van der Waals surface area contributed by atoms with Gasteiger partial charge in [0.2, 0.25) is 5.76 Å². The van der Waals surface area contributed by atoms with Crippen LogP contribution in [0, 0.1) is 11.3 Å². The normalized spacial score (nSPS) is 14.4. The first-order valence-electron chi connectivity index (χ1n) is 11.5. The van der Waals surface area contributed by atoms with Gasteiger partial charge in [0.15, 0.2) is 11.9 Å². The summed E-state index contributed by atoms with van der Waals surface area (Å²) in [6.07, 6.45) is 0.917. The van der Waals surface area contributed by atoms with Gasteiger partial charge < -0.3 is 25.0 Å².